The van der Waals surface area contributed by atoms with Crippen molar-refractivity contribution in [1.82, 2.24) is 19.4 Å². The minimum absolute atomic E-state index is 0. The first-order valence-electron chi connectivity index (χ1n) is 16.8. The first kappa shape index (κ1) is 41.9. The van der Waals surface area contributed by atoms with Crippen LogP contribution in [-0.2, 0) is 17.8 Å². The summed E-state index contributed by atoms with van der Waals surface area (Å²) in [7, 11) is 12.1. The maximum Gasteiger partial charge on any atom is 0.338 e. The zero-order chi connectivity index (χ0) is 38.2. The van der Waals surface area contributed by atoms with Crippen molar-refractivity contribution in [3.8, 4) is 46.0 Å². The average molecular weight is 791 g/mol. The summed E-state index contributed by atoms with van der Waals surface area (Å²) in [6, 6.07) is 10.5. The first-order valence-corrected chi connectivity index (χ1v) is 17.2. The van der Waals surface area contributed by atoms with E-state index < -0.39 is 17.6 Å². The predicted molar refractivity (Wildman–Crippen MR) is 207 cm³/mol. The molecule has 0 bridgehead atoms. The van der Waals surface area contributed by atoms with Crippen molar-refractivity contribution in [3.63, 3.8) is 0 Å². The minimum Gasteiger partial charge on any atom is -0.493 e. The number of fused-ring (bicyclic) bond motifs is 1. The summed E-state index contributed by atoms with van der Waals surface area (Å²) >= 11 is 5.70. The van der Waals surface area contributed by atoms with E-state index in [0.29, 0.717) is 65.4 Å². The second kappa shape index (κ2) is 18.9. The van der Waals surface area contributed by atoms with Gasteiger partial charge in [0.15, 0.2) is 39.3 Å². The van der Waals surface area contributed by atoms with E-state index in [2.05, 4.69) is 14.8 Å². The molecule has 4 aromatic rings. The smallest absolute Gasteiger partial charge is 0.338 e. The normalized spacial score (nSPS) is 13.7. The molecule has 1 atom stereocenters. The van der Waals surface area contributed by atoms with Crippen LogP contribution >= 0.6 is 24.6 Å². The minimum atomic E-state index is -0.800. The highest BCUT2D eigenvalue weighted by molar-refractivity contribution is 7.71. The van der Waals surface area contributed by atoms with Crippen molar-refractivity contribution in [2.45, 2.75) is 19.2 Å². The van der Waals surface area contributed by atoms with Crippen LogP contribution in [-0.4, -0.2) is 121 Å². The van der Waals surface area contributed by atoms with Crippen molar-refractivity contribution in [3.05, 3.63) is 62.6 Å². The molecular weight excluding hydrogens is 744 g/mol. The van der Waals surface area contributed by atoms with E-state index >= 15 is 0 Å². The third kappa shape index (κ3) is 8.89. The quantitative estimate of drug-likeness (QED) is 0.125. The Bertz CT molecular complexity index is 2020. The lowest BCUT2D eigenvalue weighted by Crippen LogP contribution is -2.49. The summed E-state index contributed by atoms with van der Waals surface area (Å²) in [5.41, 5.74) is 1.22. The first-order chi connectivity index (χ1) is 25.6. The second-order valence-corrected chi connectivity index (χ2v) is 12.5. The average Bonchev–Trinajstić information content (AvgIpc) is 3.18. The Hall–Kier alpha value is -4.90. The molecule has 1 N–H and O–H groups in total. The Kier molecular flexibility index (Phi) is 14.7. The number of hydrogen-bond acceptors (Lipinski definition) is 14. The van der Waals surface area contributed by atoms with Crippen molar-refractivity contribution < 1.29 is 47.4 Å². The Morgan fingerprint density at radius 3 is 1.80 bits per heavy atom. The Morgan fingerprint density at radius 2 is 1.24 bits per heavy atom. The molecule has 1 aliphatic rings. The molecule has 1 saturated heterocycles. The molecule has 0 radical (unpaired) electrons. The third-order valence-electron chi connectivity index (χ3n) is 9.12. The lowest BCUT2D eigenvalue weighted by atomic mass is 10.1. The van der Waals surface area contributed by atoms with Crippen molar-refractivity contribution in [2.75, 3.05) is 89.6 Å². The highest BCUT2D eigenvalue weighted by atomic mass is 35.5. The number of benzene rings is 3. The van der Waals surface area contributed by atoms with Gasteiger partial charge in [0.05, 0.1) is 74.4 Å². The fraction of sp³-hybridized carbons (Fsp3) is 0.432. The van der Waals surface area contributed by atoms with Crippen LogP contribution in [0.3, 0.4) is 0 Å². The van der Waals surface area contributed by atoms with Crippen LogP contribution < -0.4 is 43.5 Å². The van der Waals surface area contributed by atoms with Gasteiger partial charge in [-0.3, -0.25) is 19.2 Å². The highest BCUT2D eigenvalue weighted by Crippen LogP contribution is 2.42. The molecule has 15 nitrogen and oxygen atoms in total. The van der Waals surface area contributed by atoms with Crippen molar-refractivity contribution >= 4 is 41.5 Å². The highest BCUT2D eigenvalue weighted by Gasteiger charge is 2.27. The molecule has 1 aromatic heterocycles. The molecule has 17 heteroatoms. The number of carbonyl (C=O) groups excluding carboxylic acids is 1. The molecule has 294 valence electrons. The number of piperazine rings is 1. The Morgan fingerprint density at radius 1 is 0.685 bits per heavy atom. The monoisotopic (exact) mass is 790 g/mol. The molecule has 1 fully saturated rings. The van der Waals surface area contributed by atoms with Gasteiger partial charge in [0.1, 0.15) is 11.6 Å². The topological polar surface area (TPSA) is 144 Å². The third-order valence-corrected chi connectivity index (χ3v) is 9.45. The number of aromatic amines is 1. The van der Waals surface area contributed by atoms with Gasteiger partial charge in [-0.25, -0.2) is 4.79 Å². The van der Waals surface area contributed by atoms with Crippen LogP contribution in [0.25, 0.3) is 10.9 Å². The zero-order valence-corrected chi connectivity index (χ0v) is 33.3. The van der Waals surface area contributed by atoms with Crippen LogP contribution in [0, 0.1) is 4.77 Å². The van der Waals surface area contributed by atoms with E-state index in [9.17, 15) is 9.59 Å². The Labute approximate surface area is 324 Å². The molecule has 5 rings (SSSR count). The maximum atomic E-state index is 14.1. The number of esters is 1. The second-order valence-electron chi connectivity index (χ2n) is 12.1. The molecular formula is C37H47ClN4O11S. The number of aromatic nitrogens is 2. The van der Waals surface area contributed by atoms with Crippen LogP contribution in [0.4, 0.5) is 0 Å². The molecule has 54 heavy (non-hydrogen) atoms. The SMILES string of the molecule is COc1ccc(CN2CCN(CC(Cn3c(=S)[nH]c4c(OC)c(OC)c(OC)cc4c3=O)OC(=O)c3cc(OC)c(OC)c(OC)c3)CC2)cc1OC.Cl. The molecule has 1 unspecified atom stereocenters. The number of halogens is 1. The molecule has 0 spiro atoms. The van der Waals surface area contributed by atoms with E-state index in [-0.39, 0.29) is 40.4 Å². The van der Waals surface area contributed by atoms with Crippen LogP contribution in [0.15, 0.2) is 41.2 Å². The Balaban J connectivity index is 0.00000650. The van der Waals surface area contributed by atoms with Gasteiger partial charge in [-0.2, -0.15) is 0 Å². The fourth-order valence-corrected chi connectivity index (χ4v) is 6.70. The summed E-state index contributed by atoms with van der Waals surface area (Å²) in [4.78, 5) is 35.6. The van der Waals surface area contributed by atoms with Crippen molar-refractivity contribution in [1.29, 1.82) is 0 Å². The van der Waals surface area contributed by atoms with E-state index in [4.69, 9.17) is 54.8 Å². The van der Waals surface area contributed by atoms with E-state index in [1.165, 1.54) is 59.4 Å². The van der Waals surface area contributed by atoms with Gasteiger partial charge in [0, 0.05) is 39.3 Å². The number of ether oxygens (including phenoxy) is 9. The number of H-pyrrole nitrogens is 1. The molecule has 0 amide bonds. The molecule has 3 aromatic carbocycles. The fourth-order valence-electron chi connectivity index (χ4n) is 6.44. The van der Waals surface area contributed by atoms with Crippen LogP contribution in [0.1, 0.15) is 15.9 Å². The van der Waals surface area contributed by atoms with Gasteiger partial charge in [-0.1, -0.05) is 6.07 Å². The summed E-state index contributed by atoms with van der Waals surface area (Å²) in [5.74, 6) is 2.54. The zero-order valence-electron chi connectivity index (χ0n) is 31.6. The van der Waals surface area contributed by atoms with Gasteiger partial charge < -0.3 is 47.6 Å². The summed E-state index contributed by atoms with van der Waals surface area (Å²) in [6.45, 7) is 3.93. The van der Waals surface area contributed by atoms with Gasteiger partial charge >= 0.3 is 5.97 Å². The maximum absolute atomic E-state index is 14.1. The number of rotatable bonds is 16. The number of nitrogens with zero attached hydrogens (tertiary/aromatic N) is 3. The van der Waals surface area contributed by atoms with Gasteiger partial charge in [0.25, 0.3) is 5.56 Å². The molecule has 0 saturated carbocycles. The summed E-state index contributed by atoms with van der Waals surface area (Å²) in [6.07, 6.45) is -0.800. The van der Waals surface area contributed by atoms with Gasteiger partial charge in [0.2, 0.25) is 11.5 Å². The van der Waals surface area contributed by atoms with E-state index in [1.807, 2.05) is 18.2 Å². The van der Waals surface area contributed by atoms with Crippen LogP contribution in [0.2, 0.25) is 0 Å². The number of hydrogen-bond donors (Lipinski definition) is 1. The molecule has 2 heterocycles. The van der Waals surface area contributed by atoms with E-state index in [1.54, 1.807) is 20.3 Å². The largest absolute Gasteiger partial charge is 0.493 e. The standard InChI is InChI=1S/C37H46N4O11S.ClH/c1-44-26-10-9-22(15-27(26)45-2)19-39-11-13-40(14-12-39)20-24(52-36(43)23-16-28(46-3)32(49-6)29(17-23)47-4)21-41-35(42)25-18-30(48-5)33(50-7)34(51-8)31(25)38-37(41)53;/h9-10,15-18,24H,11-14,19-21H2,1-8H3,(H,38,53);1H. The van der Waals surface area contributed by atoms with E-state index in [0.717, 1.165) is 25.2 Å². The predicted octanol–water partition coefficient (Wildman–Crippen LogP) is 4.59. The molecule has 0 aliphatic carbocycles. The number of methoxy groups -OCH3 is 8. The van der Waals surface area contributed by atoms with Gasteiger partial charge in [-0.05, 0) is 48.1 Å². The summed E-state index contributed by atoms with van der Waals surface area (Å²) < 4.78 is 51.5. The van der Waals surface area contributed by atoms with Crippen LogP contribution in [0.5, 0.6) is 46.0 Å². The lowest BCUT2D eigenvalue weighted by molar-refractivity contribution is 0.00841. The number of carbonyl (C=O) groups is 1. The van der Waals surface area contributed by atoms with Crippen molar-refractivity contribution in [2.24, 2.45) is 0 Å². The number of nitrogens with one attached hydrogen (secondary N) is 1. The lowest BCUT2D eigenvalue weighted by Gasteiger charge is -2.36. The summed E-state index contributed by atoms with van der Waals surface area (Å²) in [5, 5.41) is 0.256. The van der Waals surface area contributed by atoms with Gasteiger partial charge in [-0.15, -0.1) is 12.4 Å². The molecule has 1 aliphatic heterocycles.